The topological polar surface area (TPSA) is 70.0 Å². The minimum absolute atomic E-state index is 0.378. The van der Waals surface area contributed by atoms with Crippen LogP contribution in [-0.2, 0) is 16.0 Å². The Kier molecular flexibility index (Phi) is 6.40. The molecule has 0 saturated carbocycles. The van der Waals surface area contributed by atoms with E-state index in [1.807, 2.05) is 19.1 Å². The molecule has 0 radical (unpaired) electrons. The van der Waals surface area contributed by atoms with Crippen LogP contribution in [0.25, 0.3) is 5.57 Å². The molecule has 0 aliphatic carbocycles. The van der Waals surface area contributed by atoms with Crippen LogP contribution < -0.4 is 5.32 Å². The lowest BCUT2D eigenvalue weighted by Crippen LogP contribution is -2.27. The standard InChI is InChI=1S/C21H19FN2O2/c1-3-15-4-10-18(11-5-15)24-21(26)19(13-23)20(25)12-14(2)16-6-8-17(22)9-7-16/h4-12,19H,3H2,1-2H3,(H,24,26)/b14-12-. The number of nitrogens with one attached hydrogen (secondary N) is 1. The van der Waals surface area contributed by atoms with Crippen molar-refractivity contribution in [1.29, 1.82) is 5.26 Å². The third kappa shape index (κ3) is 4.87. The van der Waals surface area contributed by atoms with Crippen LogP contribution >= 0.6 is 0 Å². The van der Waals surface area contributed by atoms with Crippen LogP contribution in [0.2, 0.25) is 0 Å². The zero-order chi connectivity index (χ0) is 19.1. The third-order valence-electron chi connectivity index (χ3n) is 3.96. The lowest BCUT2D eigenvalue weighted by molar-refractivity contribution is -0.126. The summed E-state index contributed by atoms with van der Waals surface area (Å²) in [5.74, 6) is -3.12. The van der Waals surface area contributed by atoms with E-state index in [1.165, 1.54) is 30.3 Å². The van der Waals surface area contributed by atoms with Crippen LogP contribution in [0.4, 0.5) is 10.1 Å². The number of nitrogens with zero attached hydrogens (tertiary/aromatic N) is 1. The van der Waals surface area contributed by atoms with Gasteiger partial charge in [-0.2, -0.15) is 5.26 Å². The molecule has 2 rings (SSSR count). The van der Waals surface area contributed by atoms with Gasteiger partial charge in [-0.3, -0.25) is 9.59 Å². The Bertz CT molecular complexity index is 862. The molecule has 0 aromatic heterocycles. The molecule has 0 bridgehead atoms. The second kappa shape index (κ2) is 8.72. The largest absolute Gasteiger partial charge is 0.325 e. The van der Waals surface area contributed by atoms with E-state index in [1.54, 1.807) is 25.1 Å². The van der Waals surface area contributed by atoms with Crippen molar-refractivity contribution in [3.63, 3.8) is 0 Å². The zero-order valence-corrected chi connectivity index (χ0v) is 14.6. The molecule has 1 unspecified atom stereocenters. The van der Waals surface area contributed by atoms with E-state index in [0.29, 0.717) is 16.8 Å². The number of carbonyl (C=O) groups is 2. The van der Waals surface area contributed by atoms with Crippen molar-refractivity contribution in [3.05, 3.63) is 71.6 Å². The first-order chi connectivity index (χ1) is 12.4. The third-order valence-corrected chi connectivity index (χ3v) is 3.96. The maximum absolute atomic E-state index is 13.0. The molecule has 4 nitrogen and oxygen atoms in total. The van der Waals surface area contributed by atoms with E-state index in [2.05, 4.69) is 5.32 Å². The van der Waals surface area contributed by atoms with E-state index < -0.39 is 17.6 Å². The highest BCUT2D eigenvalue weighted by Gasteiger charge is 2.25. The fourth-order valence-electron chi connectivity index (χ4n) is 2.38. The SMILES string of the molecule is CCc1ccc(NC(=O)C(C#N)C(=O)/C=C(/C)c2ccc(F)cc2)cc1. The summed E-state index contributed by atoms with van der Waals surface area (Å²) in [7, 11) is 0. The van der Waals surface area contributed by atoms with E-state index in [9.17, 15) is 19.2 Å². The molecule has 0 saturated heterocycles. The Morgan fingerprint density at radius 1 is 1.15 bits per heavy atom. The maximum Gasteiger partial charge on any atom is 0.249 e. The highest BCUT2D eigenvalue weighted by Crippen LogP contribution is 2.17. The Labute approximate surface area is 152 Å². The molecule has 1 amide bonds. The van der Waals surface area contributed by atoms with Crippen LogP contribution in [0.15, 0.2) is 54.6 Å². The average Bonchev–Trinajstić information content (AvgIpc) is 2.63. The van der Waals surface area contributed by atoms with Crippen molar-refractivity contribution in [2.24, 2.45) is 5.92 Å². The molecule has 1 atom stereocenters. The first-order valence-electron chi connectivity index (χ1n) is 8.22. The van der Waals surface area contributed by atoms with Crippen LogP contribution in [0.3, 0.4) is 0 Å². The van der Waals surface area contributed by atoms with Crippen molar-refractivity contribution < 1.29 is 14.0 Å². The van der Waals surface area contributed by atoms with Crippen LogP contribution in [-0.4, -0.2) is 11.7 Å². The van der Waals surface area contributed by atoms with E-state index in [-0.39, 0.29) is 5.82 Å². The molecule has 0 aliphatic heterocycles. The zero-order valence-electron chi connectivity index (χ0n) is 14.6. The fraction of sp³-hybridized carbons (Fsp3) is 0.190. The number of nitriles is 1. The monoisotopic (exact) mass is 350 g/mol. The Balaban J connectivity index is 2.11. The molecule has 1 N–H and O–H groups in total. The molecule has 0 spiro atoms. The first kappa shape index (κ1) is 19.1. The minimum atomic E-state index is -1.45. The van der Waals surface area contributed by atoms with Crippen LogP contribution in [0.5, 0.6) is 0 Å². The van der Waals surface area contributed by atoms with Crippen molar-refractivity contribution in [2.45, 2.75) is 20.3 Å². The van der Waals surface area contributed by atoms with Crippen LogP contribution in [0, 0.1) is 23.1 Å². The number of aryl methyl sites for hydroxylation is 1. The molecular formula is C21H19FN2O2. The van der Waals surface area contributed by atoms with Crippen molar-refractivity contribution in [2.75, 3.05) is 5.32 Å². The number of ketones is 1. The van der Waals surface area contributed by atoms with Gasteiger partial charge in [0.2, 0.25) is 5.91 Å². The molecule has 0 aliphatic rings. The van der Waals surface area contributed by atoms with Gasteiger partial charge < -0.3 is 5.32 Å². The summed E-state index contributed by atoms with van der Waals surface area (Å²) in [6.07, 6.45) is 2.11. The molecular weight excluding hydrogens is 331 g/mol. The molecule has 26 heavy (non-hydrogen) atoms. The number of benzene rings is 2. The van der Waals surface area contributed by atoms with Gasteiger partial charge in [0.1, 0.15) is 5.82 Å². The quantitative estimate of drug-likeness (QED) is 0.629. The van der Waals surface area contributed by atoms with Gasteiger partial charge in [-0.15, -0.1) is 0 Å². The van der Waals surface area contributed by atoms with Crippen LogP contribution in [0.1, 0.15) is 25.0 Å². The first-order valence-corrected chi connectivity index (χ1v) is 8.22. The summed E-state index contributed by atoms with van der Waals surface area (Å²) in [6, 6.07) is 14.6. The maximum atomic E-state index is 13.0. The second-order valence-electron chi connectivity index (χ2n) is 5.84. The lowest BCUT2D eigenvalue weighted by Gasteiger charge is -2.09. The van der Waals surface area contributed by atoms with E-state index in [0.717, 1.165) is 12.0 Å². The van der Waals surface area contributed by atoms with E-state index >= 15 is 0 Å². The summed E-state index contributed by atoms with van der Waals surface area (Å²) in [5.41, 5.74) is 2.84. The van der Waals surface area contributed by atoms with Crippen molar-refractivity contribution in [1.82, 2.24) is 0 Å². The van der Waals surface area contributed by atoms with Gasteiger partial charge in [0.05, 0.1) is 6.07 Å². The van der Waals surface area contributed by atoms with E-state index in [4.69, 9.17) is 0 Å². The van der Waals surface area contributed by atoms with Gasteiger partial charge in [-0.25, -0.2) is 4.39 Å². The normalized spacial score (nSPS) is 12.2. The summed E-state index contributed by atoms with van der Waals surface area (Å²) >= 11 is 0. The number of rotatable bonds is 6. The predicted molar refractivity (Wildman–Crippen MR) is 98.6 cm³/mol. The molecule has 5 heteroatoms. The molecule has 0 fully saturated rings. The summed E-state index contributed by atoms with van der Waals surface area (Å²) in [5, 5.41) is 11.8. The summed E-state index contributed by atoms with van der Waals surface area (Å²) in [6.45, 7) is 3.69. The number of anilines is 1. The van der Waals surface area contributed by atoms with Crippen molar-refractivity contribution >= 4 is 23.0 Å². The molecule has 132 valence electrons. The number of hydrogen-bond acceptors (Lipinski definition) is 3. The number of halogens is 1. The molecule has 2 aromatic rings. The second-order valence-corrected chi connectivity index (χ2v) is 5.84. The van der Waals surface area contributed by atoms with Gasteiger partial charge in [0.25, 0.3) is 0 Å². The molecule has 2 aromatic carbocycles. The highest BCUT2D eigenvalue weighted by atomic mass is 19.1. The minimum Gasteiger partial charge on any atom is -0.325 e. The smallest absolute Gasteiger partial charge is 0.249 e. The Morgan fingerprint density at radius 2 is 1.77 bits per heavy atom. The number of amides is 1. The Morgan fingerprint density at radius 3 is 2.31 bits per heavy atom. The number of hydrogen-bond donors (Lipinski definition) is 1. The van der Waals surface area contributed by atoms with Gasteiger partial charge in [-0.1, -0.05) is 31.2 Å². The summed E-state index contributed by atoms with van der Waals surface area (Å²) in [4.78, 5) is 24.6. The lowest BCUT2D eigenvalue weighted by atomic mass is 9.99. The number of allylic oxidation sites excluding steroid dienone is 2. The Hall–Kier alpha value is -3.26. The van der Waals surface area contributed by atoms with Gasteiger partial charge in [0, 0.05) is 5.69 Å². The highest BCUT2D eigenvalue weighted by molar-refractivity contribution is 6.14. The van der Waals surface area contributed by atoms with Gasteiger partial charge >= 0.3 is 0 Å². The van der Waals surface area contributed by atoms with Gasteiger partial charge in [-0.05, 0) is 60.4 Å². The van der Waals surface area contributed by atoms with Gasteiger partial charge in [0.15, 0.2) is 11.7 Å². The number of carbonyl (C=O) groups excluding carboxylic acids is 2. The molecule has 0 heterocycles. The van der Waals surface area contributed by atoms with Crippen molar-refractivity contribution in [3.8, 4) is 6.07 Å². The predicted octanol–water partition coefficient (Wildman–Crippen LogP) is 4.14. The summed E-state index contributed by atoms with van der Waals surface area (Å²) < 4.78 is 13.0. The average molecular weight is 350 g/mol. The fourth-order valence-corrected chi connectivity index (χ4v) is 2.38.